The maximum atomic E-state index is 12.8. The molecule has 0 bridgehead atoms. The van der Waals surface area contributed by atoms with Gasteiger partial charge in [0.1, 0.15) is 12.4 Å². The standard InChI is InChI=1S/C22H21NO3/c1-15-6-5-9-19-20(15)22(25)23(21(19)24)17-10-12-18(13-11-17)26-14-16-7-3-2-4-8-16/h2-8,10-13,15,19-20H,9,14H2,1H3/t15-,19-,20-/m1/s1. The Morgan fingerprint density at radius 1 is 1.00 bits per heavy atom. The number of ether oxygens (including phenoxy) is 1. The molecule has 4 nitrogen and oxygen atoms in total. The molecule has 132 valence electrons. The number of benzene rings is 2. The molecular weight excluding hydrogens is 326 g/mol. The predicted molar refractivity (Wildman–Crippen MR) is 99.6 cm³/mol. The topological polar surface area (TPSA) is 46.6 Å². The number of amides is 2. The third-order valence-electron chi connectivity index (χ3n) is 5.22. The molecule has 1 fully saturated rings. The van der Waals surface area contributed by atoms with Gasteiger partial charge in [-0.15, -0.1) is 0 Å². The van der Waals surface area contributed by atoms with E-state index in [-0.39, 0.29) is 29.6 Å². The number of nitrogens with zero attached hydrogens (tertiary/aromatic N) is 1. The van der Waals surface area contributed by atoms with Gasteiger partial charge in [-0.25, -0.2) is 0 Å². The Morgan fingerprint density at radius 2 is 1.73 bits per heavy atom. The van der Waals surface area contributed by atoms with Gasteiger partial charge in [-0.3, -0.25) is 14.5 Å². The zero-order valence-corrected chi connectivity index (χ0v) is 14.7. The van der Waals surface area contributed by atoms with Crippen LogP contribution in [0.15, 0.2) is 66.7 Å². The van der Waals surface area contributed by atoms with Crippen LogP contribution in [0.2, 0.25) is 0 Å². The normalized spacial score (nSPS) is 24.7. The van der Waals surface area contributed by atoms with Crippen LogP contribution in [0.1, 0.15) is 18.9 Å². The van der Waals surface area contributed by atoms with Crippen molar-refractivity contribution in [3.8, 4) is 5.75 Å². The number of carbonyl (C=O) groups excluding carboxylic acids is 2. The van der Waals surface area contributed by atoms with Crippen LogP contribution in [-0.2, 0) is 16.2 Å². The predicted octanol–water partition coefficient (Wildman–Crippen LogP) is 3.97. The Kier molecular flexibility index (Phi) is 4.33. The van der Waals surface area contributed by atoms with Crippen molar-refractivity contribution in [1.29, 1.82) is 0 Å². The Balaban J connectivity index is 1.48. The van der Waals surface area contributed by atoms with Crippen LogP contribution in [0.4, 0.5) is 5.69 Å². The summed E-state index contributed by atoms with van der Waals surface area (Å²) >= 11 is 0. The Labute approximate surface area is 153 Å². The first-order chi connectivity index (χ1) is 12.6. The maximum Gasteiger partial charge on any atom is 0.238 e. The molecule has 0 radical (unpaired) electrons. The van der Waals surface area contributed by atoms with E-state index in [1.807, 2.05) is 61.5 Å². The van der Waals surface area contributed by atoms with Gasteiger partial charge in [0.15, 0.2) is 0 Å². The van der Waals surface area contributed by atoms with Gasteiger partial charge in [-0.05, 0) is 42.2 Å². The fourth-order valence-electron chi connectivity index (χ4n) is 3.83. The van der Waals surface area contributed by atoms with Crippen LogP contribution < -0.4 is 9.64 Å². The first-order valence-corrected chi connectivity index (χ1v) is 8.96. The summed E-state index contributed by atoms with van der Waals surface area (Å²) in [6.45, 7) is 2.48. The summed E-state index contributed by atoms with van der Waals surface area (Å²) < 4.78 is 5.78. The van der Waals surface area contributed by atoms with Crippen LogP contribution in [0, 0.1) is 17.8 Å². The van der Waals surface area contributed by atoms with Gasteiger partial charge in [0.05, 0.1) is 17.5 Å². The molecule has 0 unspecified atom stereocenters. The number of carbonyl (C=O) groups is 2. The van der Waals surface area contributed by atoms with Crippen LogP contribution in [0.25, 0.3) is 0 Å². The van der Waals surface area contributed by atoms with Crippen LogP contribution in [0.3, 0.4) is 0 Å². The van der Waals surface area contributed by atoms with Gasteiger partial charge in [0.25, 0.3) is 0 Å². The average Bonchev–Trinajstić information content (AvgIpc) is 2.93. The van der Waals surface area contributed by atoms with Crippen molar-refractivity contribution >= 4 is 17.5 Å². The molecule has 26 heavy (non-hydrogen) atoms. The highest BCUT2D eigenvalue weighted by Crippen LogP contribution is 2.40. The minimum absolute atomic E-state index is 0.0881. The Morgan fingerprint density at radius 3 is 2.42 bits per heavy atom. The zero-order valence-electron chi connectivity index (χ0n) is 14.7. The summed E-state index contributed by atoms with van der Waals surface area (Å²) in [4.78, 5) is 26.9. The number of hydrogen-bond donors (Lipinski definition) is 0. The lowest BCUT2D eigenvalue weighted by Crippen LogP contribution is -2.31. The van der Waals surface area contributed by atoms with E-state index in [0.717, 1.165) is 5.56 Å². The molecule has 3 atom stereocenters. The molecule has 0 N–H and O–H groups in total. The van der Waals surface area contributed by atoms with Crippen molar-refractivity contribution in [2.75, 3.05) is 4.90 Å². The molecular formula is C22H21NO3. The second kappa shape index (κ2) is 6.79. The summed E-state index contributed by atoms with van der Waals surface area (Å²) in [5.74, 6) is 0.176. The van der Waals surface area contributed by atoms with Crippen LogP contribution >= 0.6 is 0 Å². The third-order valence-corrected chi connectivity index (χ3v) is 5.22. The Bertz CT molecular complexity index is 841. The number of hydrogen-bond acceptors (Lipinski definition) is 3. The van der Waals surface area contributed by atoms with Crippen LogP contribution in [-0.4, -0.2) is 11.8 Å². The monoisotopic (exact) mass is 347 g/mol. The average molecular weight is 347 g/mol. The molecule has 4 heteroatoms. The SMILES string of the molecule is C[C@@H]1C=CC[C@H]2C(=O)N(c3ccc(OCc4ccccc4)cc3)C(=O)[C@H]12. The highest BCUT2D eigenvalue weighted by molar-refractivity contribution is 6.22. The first-order valence-electron chi connectivity index (χ1n) is 8.96. The number of anilines is 1. The summed E-state index contributed by atoms with van der Waals surface area (Å²) in [7, 11) is 0. The summed E-state index contributed by atoms with van der Waals surface area (Å²) in [5, 5.41) is 0. The Hall–Kier alpha value is -2.88. The van der Waals surface area contributed by atoms with E-state index in [2.05, 4.69) is 0 Å². The smallest absolute Gasteiger partial charge is 0.238 e. The highest BCUT2D eigenvalue weighted by atomic mass is 16.5. The lowest BCUT2D eigenvalue weighted by Gasteiger charge is -2.22. The highest BCUT2D eigenvalue weighted by Gasteiger charge is 2.50. The second-order valence-electron chi connectivity index (χ2n) is 6.94. The fraction of sp³-hybridized carbons (Fsp3) is 0.273. The molecule has 4 rings (SSSR count). The van der Waals surface area contributed by atoms with Crippen molar-refractivity contribution < 1.29 is 14.3 Å². The largest absolute Gasteiger partial charge is 0.489 e. The molecule has 2 aliphatic rings. The number of fused-ring (bicyclic) bond motifs is 1. The van der Waals surface area contributed by atoms with E-state index >= 15 is 0 Å². The summed E-state index contributed by atoms with van der Waals surface area (Å²) in [6.07, 6.45) is 4.70. The number of imide groups is 1. The van der Waals surface area contributed by atoms with Crippen molar-refractivity contribution in [1.82, 2.24) is 0 Å². The lowest BCUT2D eigenvalue weighted by molar-refractivity contribution is -0.122. The number of rotatable bonds is 4. The molecule has 2 aromatic carbocycles. The fourth-order valence-corrected chi connectivity index (χ4v) is 3.83. The van der Waals surface area contributed by atoms with Crippen molar-refractivity contribution in [3.63, 3.8) is 0 Å². The molecule has 1 heterocycles. The van der Waals surface area contributed by atoms with Crippen molar-refractivity contribution in [3.05, 3.63) is 72.3 Å². The molecule has 2 amide bonds. The molecule has 1 saturated heterocycles. The second-order valence-corrected chi connectivity index (χ2v) is 6.94. The van der Waals surface area contributed by atoms with Crippen molar-refractivity contribution in [2.24, 2.45) is 17.8 Å². The summed E-state index contributed by atoms with van der Waals surface area (Å²) in [6, 6.07) is 17.1. The van der Waals surface area contributed by atoms with E-state index in [9.17, 15) is 9.59 Å². The molecule has 2 aromatic rings. The first kappa shape index (κ1) is 16.6. The molecule has 0 spiro atoms. The van der Waals surface area contributed by atoms with E-state index in [1.54, 1.807) is 12.1 Å². The minimum Gasteiger partial charge on any atom is -0.489 e. The van der Waals surface area contributed by atoms with Crippen LogP contribution in [0.5, 0.6) is 5.75 Å². The molecule has 0 saturated carbocycles. The van der Waals surface area contributed by atoms with Gasteiger partial charge < -0.3 is 4.74 Å². The van der Waals surface area contributed by atoms with Gasteiger partial charge in [-0.2, -0.15) is 0 Å². The molecule has 1 aliphatic heterocycles. The summed E-state index contributed by atoms with van der Waals surface area (Å²) in [5.41, 5.74) is 1.71. The van der Waals surface area contributed by atoms with E-state index in [0.29, 0.717) is 24.5 Å². The third kappa shape index (κ3) is 2.92. The van der Waals surface area contributed by atoms with E-state index < -0.39 is 0 Å². The maximum absolute atomic E-state index is 12.8. The lowest BCUT2D eigenvalue weighted by atomic mass is 9.78. The quantitative estimate of drug-likeness (QED) is 0.621. The van der Waals surface area contributed by atoms with Gasteiger partial charge in [0, 0.05) is 0 Å². The van der Waals surface area contributed by atoms with Gasteiger partial charge in [-0.1, -0.05) is 49.4 Å². The zero-order chi connectivity index (χ0) is 18.1. The minimum atomic E-state index is -0.235. The molecule has 1 aliphatic carbocycles. The number of allylic oxidation sites excluding steroid dienone is 2. The van der Waals surface area contributed by atoms with E-state index in [1.165, 1.54) is 4.90 Å². The van der Waals surface area contributed by atoms with E-state index in [4.69, 9.17) is 4.74 Å². The van der Waals surface area contributed by atoms with Gasteiger partial charge >= 0.3 is 0 Å². The van der Waals surface area contributed by atoms with Crippen molar-refractivity contribution in [2.45, 2.75) is 20.0 Å². The van der Waals surface area contributed by atoms with Gasteiger partial charge in [0.2, 0.25) is 11.8 Å². The molecule has 0 aromatic heterocycles.